The van der Waals surface area contributed by atoms with E-state index in [1.165, 1.54) is 5.19 Å². The largest absolute Gasteiger partial charge is 0.497 e. The van der Waals surface area contributed by atoms with Crippen LogP contribution >= 0.6 is 0 Å². The van der Waals surface area contributed by atoms with Crippen LogP contribution in [-0.4, -0.2) is 34.3 Å². The molecule has 0 aliphatic carbocycles. The predicted molar refractivity (Wildman–Crippen MR) is 81.3 cm³/mol. The first-order valence-corrected chi connectivity index (χ1v) is 10.2. The first-order chi connectivity index (χ1) is 8.93. The van der Waals surface area contributed by atoms with Crippen molar-refractivity contribution in [3.63, 3.8) is 0 Å². The van der Waals surface area contributed by atoms with E-state index in [1.807, 2.05) is 17.0 Å². The molecule has 0 atom stereocenters. The maximum atomic E-state index is 11.9. The fourth-order valence-electron chi connectivity index (χ4n) is 2.33. The molecule has 1 heterocycles. The number of anilines is 1. The number of rotatable bonds is 3. The zero-order valence-corrected chi connectivity index (χ0v) is 13.1. The lowest BCUT2D eigenvalue weighted by Gasteiger charge is -2.29. The molecule has 1 aromatic rings. The summed E-state index contributed by atoms with van der Waals surface area (Å²) in [5.41, 5.74) is 0.968. The molecule has 1 saturated heterocycles. The molecule has 1 aliphatic rings. The third kappa shape index (κ3) is 2.92. The second-order valence-electron chi connectivity index (χ2n) is 5.87. The lowest BCUT2D eigenvalue weighted by atomic mass is 10.2. The molecular weight excluding hydrogens is 256 g/mol. The number of amides is 2. The smallest absolute Gasteiger partial charge is 0.321 e. The van der Waals surface area contributed by atoms with E-state index in [4.69, 9.17) is 4.74 Å². The Morgan fingerprint density at radius 2 is 2.05 bits per heavy atom. The molecule has 19 heavy (non-hydrogen) atoms. The van der Waals surface area contributed by atoms with E-state index in [0.717, 1.165) is 30.9 Å². The summed E-state index contributed by atoms with van der Waals surface area (Å²) in [6.45, 7) is 8.40. The number of methoxy groups -OCH3 is 1. The number of hydrogen-bond donors (Lipinski definition) is 1. The Balaban J connectivity index is 2.40. The highest BCUT2D eigenvalue weighted by Crippen LogP contribution is 2.22. The van der Waals surface area contributed by atoms with Crippen molar-refractivity contribution in [3.8, 4) is 5.75 Å². The number of nitrogens with one attached hydrogen (secondary N) is 1. The zero-order valence-electron chi connectivity index (χ0n) is 12.1. The predicted octanol–water partition coefficient (Wildman–Crippen LogP) is 2.16. The molecule has 0 unspecified atom stereocenters. The van der Waals surface area contributed by atoms with Crippen LogP contribution in [0.3, 0.4) is 0 Å². The van der Waals surface area contributed by atoms with Crippen molar-refractivity contribution in [2.45, 2.75) is 26.1 Å². The zero-order chi connectivity index (χ0) is 14.0. The quantitative estimate of drug-likeness (QED) is 0.861. The Morgan fingerprint density at radius 1 is 1.32 bits per heavy atom. The van der Waals surface area contributed by atoms with Crippen molar-refractivity contribution in [2.75, 3.05) is 25.1 Å². The fraction of sp³-hybridized carbons (Fsp3) is 0.500. The first-order valence-electron chi connectivity index (χ1n) is 6.67. The Kier molecular flexibility index (Phi) is 3.85. The van der Waals surface area contributed by atoms with Crippen LogP contribution in [0.25, 0.3) is 0 Å². The molecule has 104 valence electrons. The molecule has 1 aromatic carbocycles. The van der Waals surface area contributed by atoms with Crippen LogP contribution < -0.4 is 20.1 Å². The second kappa shape index (κ2) is 5.25. The van der Waals surface area contributed by atoms with Crippen LogP contribution in [0.2, 0.25) is 19.6 Å². The number of hydrogen-bond acceptors (Lipinski definition) is 2. The summed E-state index contributed by atoms with van der Waals surface area (Å²) >= 11 is 0. The van der Waals surface area contributed by atoms with Crippen LogP contribution in [-0.2, 0) is 0 Å². The van der Waals surface area contributed by atoms with Gasteiger partial charge in [0, 0.05) is 18.8 Å². The van der Waals surface area contributed by atoms with Crippen LogP contribution in [0.15, 0.2) is 18.2 Å². The van der Waals surface area contributed by atoms with E-state index < -0.39 is 8.07 Å². The fourth-order valence-corrected chi connectivity index (χ4v) is 3.83. The van der Waals surface area contributed by atoms with E-state index in [1.54, 1.807) is 7.11 Å². The van der Waals surface area contributed by atoms with Crippen LogP contribution in [0, 0.1) is 0 Å². The van der Waals surface area contributed by atoms with E-state index >= 15 is 0 Å². The van der Waals surface area contributed by atoms with Gasteiger partial charge in [-0.2, -0.15) is 0 Å². The summed E-state index contributed by atoms with van der Waals surface area (Å²) in [7, 11) is 0.201. The molecule has 0 spiro atoms. The molecule has 1 fully saturated rings. The maximum absolute atomic E-state index is 11.9. The SMILES string of the molecule is COc1ccc(N2CCCNC2=O)cc1[Si](C)(C)C. The van der Waals surface area contributed by atoms with Gasteiger partial charge in [-0.1, -0.05) is 19.6 Å². The molecule has 5 heteroatoms. The van der Waals surface area contributed by atoms with Crippen molar-refractivity contribution in [1.82, 2.24) is 5.32 Å². The third-order valence-electron chi connectivity index (χ3n) is 3.38. The van der Waals surface area contributed by atoms with Gasteiger partial charge in [0.2, 0.25) is 0 Å². The molecule has 2 amide bonds. The lowest BCUT2D eigenvalue weighted by Crippen LogP contribution is -2.47. The van der Waals surface area contributed by atoms with Crippen molar-refractivity contribution in [3.05, 3.63) is 18.2 Å². The van der Waals surface area contributed by atoms with Crippen molar-refractivity contribution in [2.24, 2.45) is 0 Å². The van der Waals surface area contributed by atoms with Gasteiger partial charge in [0.05, 0.1) is 15.2 Å². The van der Waals surface area contributed by atoms with Gasteiger partial charge in [-0.25, -0.2) is 4.79 Å². The molecule has 0 saturated carbocycles. The molecule has 0 bridgehead atoms. The Hall–Kier alpha value is -1.49. The summed E-state index contributed by atoms with van der Waals surface area (Å²) in [4.78, 5) is 13.7. The Morgan fingerprint density at radius 3 is 2.63 bits per heavy atom. The number of benzene rings is 1. The highest BCUT2D eigenvalue weighted by atomic mass is 28.3. The minimum atomic E-state index is -1.50. The van der Waals surface area contributed by atoms with Crippen molar-refractivity contribution < 1.29 is 9.53 Å². The molecule has 0 aromatic heterocycles. The van der Waals surface area contributed by atoms with Crippen LogP contribution in [0.5, 0.6) is 5.75 Å². The normalized spacial score (nSPS) is 16.2. The molecular formula is C14H22N2O2Si. The Labute approximate surface area is 115 Å². The van der Waals surface area contributed by atoms with E-state index in [0.29, 0.717) is 0 Å². The Bertz CT molecular complexity index is 483. The van der Waals surface area contributed by atoms with Gasteiger partial charge in [0.25, 0.3) is 0 Å². The highest BCUT2D eigenvalue weighted by molar-refractivity contribution is 6.89. The maximum Gasteiger partial charge on any atom is 0.321 e. The lowest BCUT2D eigenvalue weighted by molar-refractivity contribution is 0.243. The molecule has 1 N–H and O–H groups in total. The summed E-state index contributed by atoms with van der Waals surface area (Å²) < 4.78 is 5.46. The van der Waals surface area contributed by atoms with Gasteiger partial charge in [-0.05, 0) is 29.8 Å². The summed E-state index contributed by atoms with van der Waals surface area (Å²) in [5.74, 6) is 0.931. The average Bonchev–Trinajstić information content (AvgIpc) is 2.37. The highest BCUT2D eigenvalue weighted by Gasteiger charge is 2.25. The number of carbonyl (C=O) groups is 1. The minimum absolute atomic E-state index is 0.00190. The molecule has 2 rings (SSSR count). The van der Waals surface area contributed by atoms with Gasteiger partial charge < -0.3 is 10.1 Å². The van der Waals surface area contributed by atoms with E-state index in [2.05, 4.69) is 31.0 Å². The van der Waals surface area contributed by atoms with Crippen LogP contribution in [0.4, 0.5) is 10.5 Å². The van der Waals surface area contributed by atoms with Crippen molar-refractivity contribution in [1.29, 1.82) is 0 Å². The summed E-state index contributed by atoms with van der Waals surface area (Å²) in [6, 6.07) is 6.06. The van der Waals surface area contributed by atoms with Crippen LogP contribution in [0.1, 0.15) is 6.42 Å². The topological polar surface area (TPSA) is 41.6 Å². The molecule has 0 radical (unpaired) electrons. The number of carbonyl (C=O) groups excluding carboxylic acids is 1. The second-order valence-corrected chi connectivity index (χ2v) is 10.9. The third-order valence-corrected chi connectivity index (χ3v) is 5.39. The number of urea groups is 1. The summed E-state index contributed by atoms with van der Waals surface area (Å²) in [5, 5.41) is 4.14. The standard InChI is InChI=1S/C14H22N2O2Si/c1-18-12-7-6-11(10-13(12)19(2,3)4)16-9-5-8-15-14(16)17/h6-7,10H,5,8-9H2,1-4H3,(H,15,17). The number of ether oxygens (including phenoxy) is 1. The summed E-state index contributed by atoms with van der Waals surface area (Å²) in [6.07, 6.45) is 0.986. The van der Waals surface area contributed by atoms with E-state index in [-0.39, 0.29) is 6.03 Å². The molecule has 1 aliphatic heterocycles. The minimum Gasteiger partial charge on any atom is -0.497 e. The number of nitrogens with zero attached hydrogens (tertiary/aromatic N) is 1. The van der Waals surface area contributed by atoms with E-state index in [9.17, 15) is 4.79 Å². The monoisotopic (exact) mass is 278 g/mol. The van der Waals surface area contributed by atoms with Gasteiger partial charge in [-0.3, -0.25) is 4.90 Å². The van der Waals surface area contributed by atoms with Gasteiger partial charge in [0.15, 0.2) is 0 Å². The van der Waals surface area contributed by atoms with Gasteiger partial charge >= 0.3 is 6.03 Å². The van der Waals surface area contributed by atoms with Crippen molar-refractivity contribution >= 4 is 25.0 Å². The average molecular weight is 278 g/mol. The van der Waals surface area contributed by atoms with Gasteiger partial charge in [-0.15, -0.1) is 0 Å². The molecule has 4 nitrogen and oxygen atoms in total. The first kappa shape index (κ1) is 13.9. The van der Waals surface area contributed by atoms with Gasteiger partial charge in [0.1, 0.15) is 5.75 Å².